The van der Waals surface area contributed by atoms with Crippen molar-refractivity contribution in [3.63, 3.8) is 0 Å². The van der Waals surface area contributed by atoms with Gasteiger partial charge < -0.3 is 10.4 Å². The van der Waals surface area contributed by atoms with Crippen molar-refractivity contribution >= 4 is 21.2 Å². The molecule has 0 spiro atoms. The number of rotatable bonds is 3. The lowest BCUT2D eigenvalue weighted by atomic mass is 10.1. The highest BCUT2D eigenvalue weighted by Crippen LogP contribution is 2.20. The van der Waals surface area contributed by atoms with Gasteiger partial charge in [-0.3, -0.25) is 0 Å². The van der Waals surface area contributed by atoms with E-state index >= 15 is 0 Å². The summed E-state index contributed by atoms with van der Waals surface area (Å²) in [4.78, 5) is 0. The summed E-state index contributed by atoms with van der Waals surface area (Å²) in [6.45, 7) is 1.97. The Morgan fingerprint density at radius 2 is 2.31 bits per heavy atom. The average Bonchev–Trinajstić information content (AvgIpc) is 2.74. The Morgan fingerprint density at radius 3 is 2.81 bits per heavy atom. The van der Waals surface area contributed by atoms with Crippen LogP contribution in [0.15, 0.2) is 16.8 Å². The maximum atomic E-state index is 11.3. The van der Waals surface area contributed by atoms with Crippen molar-refractivity contribution in [2.75, 3.05) is 11.5 Å². The van der Waals surface area contributed by atoms with Crippen LogP contribution in [0.4, 0.5) is 0 Å². The fourth-order valence-electron chi connectivity index (χ4n) is 1.93. The molecule has 0 amide bonds. The zero-order valence-electron chi connectivity index (χ0n) is 8.96. The van der Waals surface area contributed by atoms with Crippen molar-refractivity contribution in [1.29, 1.82) is 0 Å². The maximum absolute atomic E-state index is 11.3. The van der Waals surface area contributed by atoms with Crippen molar-refractivity contribution in [1.82, 2.24) is 5.32 Å². The van der Waals surface area contributed by atoms with Gasteiger partial charge in [0.25, 0.3) is 0 Å². The molecule has 0 aliphatic carbocycles. The van der Waals surface area contributed by atoms with Crippen LogP contribution in [-0.2, 0) is 9.84 Å². The standard InChI is InChI=1S/C10H15NO3S2/c1-7(8-2-3-15-4-8)11-9-5-16(13,14)6-10(9)12/h2-4,7,9-12H,5-6H2,1H3. The molecule has 0 aromatic carbocycles. The predicted octanol–water partition coefficient (Wildman–Crippen LogP) is 0.557. The fourth-order valence-corrected chi connectivity index (χ4v) is 4.44. The number of hydrogen-bond donors (Lipinski definition) is 2. The fraction of sp³-hybridized carbons (Fsp3) is 0.600. The molecule has 1 saturated heterocycles. The summed E-state index contributed by atoms with van der Waals surface area (Å²) in [5.74, 6) is -0.0936. The summed E-state index contributed by atoms with van der Waals surface area (Å²) < 4.78 is 22.6. The maximum Gasteiger partial charge on any atom is 0.154 e. The highest BCUT2D eigenvalue weighted by atomic mass is 32.2. The second kappa shape index (κ2) is 4.44. The van der Waals surface area contributed by atoms with Crippen molar-refractivity contribution in [2.24, 2.45) is 0 Å². The first-order valence-electron chi connectivity index (χ1n) is 5.14. The Balaban J connectivity index is 2.01. The number of nitrogens with one attached hydrogen (secondary N) is 1. The molecular weight excluding hydrogens is 246 g/mol. The van der Waals surface area contributed by atoms with E-state index in [0.29, 0.717) is 0 Å². The molecule has 0 radical (unpaired) electrons. The van der Waals surface area contributed by atoms with Crippen molar-refractivity contribution in [3.05, 3.63) is 22.4 Å². The van der Waals surface area contributed by atoms with Gasteiger partial charge in [-0.05, 0) is 29.3 Å². The minimum atomic E-state index is -3.07. The molecule has 1 aliphatic heterocycles. The van der Waals surface area contributed by atoms with E-state index in [1.165, 1.54) is 0 Å². The first-order valence-corrected chi connectivity index (χ1v) is 7.91. The lowest BCUT2D eigenvalue weighted by Crippen LogP contribution is -2.40. The first kappa shape index (κ1) is 12.0. The molecule has 1 aliphatic rings. The van der Waals surface area contributed by atoms with Crippen LogP contribution in [0.3, 0.4) is 0 Å². The van der Waals surface area contributed by atoms with Crippen LogP contribution in [0.5, 0.6) is 0 Å². The molecule has 16 heavy (non-hydrogen) atoms. The minimum Gasteiger partial charge on any atom is -0.390 e. The predicted molar refractivity (Wildman–Crippen MR) is 64.3 cm³/mol. The van der Waals surface area contributed by atoms with E-state index in [2.05, 4.69) is 5.32 Å². The molecular formula is C10H15NO3S2. The van der Waals surface area contributed by atoms with E-state index in [0.717, 1.165) is 5.56 Å². The topological polar surface area (TPSA) is 66.4 Å². The number of hydrogen-bond acceptors (Lipinski definition) is 5. The molecule has 2 N–H and O–H groups in total. The molecule has 0 saturated carbocycles. The quantitative estimate of drug-likeness (QED) is 0.834. The van der Waals surface area contributed by atoms with Crippen LogP contribution in [0.1, 0.15) is 18.5 Å². The largest absolute Gasteiger partial charge is 0.390 e. The molecule has 6 heteroatoms. The normalized spacial score (nSPS) is 30.4. The van der Waals surface area contributed by atoms with Crippen molar-refractivity contribution in [2.45, 2.75) is 25.1 Å². The van der Waals surface area contributed by atoms with Gasteiger partial charge in [-0.25, -0.2) is 8.42 Å². The van der Waals surface area contributed by atoms with E-state index < -0.39 is 15.9 Å². The summed E-state index contributed by atoms with van der Waals surface area (Å²) in [6.07, 6.45) is -0.786. The van der Waals surface area contributed by atoms with Crippen LogP contribution in [0.2, 0.25) is 0 Å². The van der Waals surface area contributed by atoms with Crippen LogP contribution < -0.4 is 5.32 Å². The molecule has 90 valence electrons. The average molecular weight is 261 g/mol. The van der Waals surface area contributed by atoms with E-state index in [4.69, 9.17) is 0 Å². The monoisotopic (exact) mass is 261 g/mol. The summed E-state index contributed by atoms with van der Waals surface area (Å²) in [5, 5.41) is 16.8. The molecule has 1 fully saturated rings. The summed E-state index contributed by atoms with van der Waals surface area (Å²) in [5.41, 5.74) is 1.13. The molecule has 4 nitrogen and oxygen atoms in total. The van der Waals surface area contributed by atoms with Crippen LogP contribution in [0, 0.1) is 0 Å². The van der Waals surface area contributed by atoms with E-state index in [1.807, 2.05) is 23.8 Å². The van der Waals surface area contributed by atoms with E-state index in [1.54, 1.807) is 11.3 Å². The summed E-state index contributed by atoms with van der Waals surface area (Å²) in [6, 6.07) is 1.72. The highest BCUT2D eigenvalue weighted by Gasteiger charge is 2.36. The number of aliphatic hydroxyl groups is 1. The SMILES string of the molecule is CC(NC1CS(=O)(=O)CC1O)c1ccsc1. The van der Waals surface area contributed by atoms with E-state index in [-0.39, 0.29) is 23.6 Å². The Bertz CT molecular complexity index is 441. The Morgan fingerprint density at radius 1 is 1.56 bits per heavy atom. The van der Waals surface area contributed by atoms with Gasteiger partial charge in [0.2, 0.25) is 0 Å². The molecule has 2 rings (SSSR count). The highest BCUT2D eigenvalue weighted by molar-refractivity contribution is 7.91. The van der Waals surface area contributed by atoms with Gasteiger partial charge in [0.15, 0.2) is 9.84 Å². The van der Waals surface area contributed by atoms with Crippen molar-refractivity contribution < 1.29 is 13.5 Å². The number of sulfone groups is 1. The van der Waals surface area contributed by atoms with Gasteiger partial charge in [-0.2, -0.15) is 11.3 Å². The molecule has 2 heterocycles. The smallest absolute Gasteiger partial charge is 0.154 e. The Labute approximate surface area is 99.2 Å². The molecule has 3 atom stereocenters. The van der Waals surface area contributed by atoms with Gasteiger partial charge >= 0.3 is 0 Å². The third kappa shape index (κ3) is 2.63. The van der Waals surface area contributed by atoms with Gasteiger partial charge in [-0.15, -0.1) is 0 Å². The van der Waals surface area contributed by atoms with Gasteiger partial charge in [-0.1, -0.05) is 0 Å². The van der Waals surface area contributed by atoms with Gasteiger partial charge in [0, 0.05) is 12.1 Å². The van der Waals surface area contributed by atoms with Gasteiger partial charge in [0.05, 0.1) is 17.6 Å². The molecule has 0 bridgehead atoms. The third-order valence-electron chi connectivity index (χ3n) is 2.83. The number of aliphatic hydroxyl groups excluding tert-OH is 1. The number of thiophene rings is 1. The van der Waals surface area contributed by atoms with Crippen molar-refractivity contribution in [3.8, 4) is 0 Å². The zero-order valence-corrected chi connectivity index (χ0v) is 10.6. The van der Waals surface area contributed by atoms with Crippen LogP contribution in [0.25, 0.3) is 0 Å². The van der Waals surface area contributed by atoms with E-state index in [9.17, 15) is 13.5 Å². The molecule has 3 unspecified atom stereocenters. The lowest BCUT2D eigenvalue weighted by Gasteiger charge is -2.20. The Hall–Kier alpha value is -0.430. The molecule has 1 aromatic rings. The van der Waals surface area contributed by atoms with Crippen LogP contribution in [-0.4, -0.2) is 37.2 Å². The second-order valence-electron chi connectivity index (χ2n) is 4.20. The summed E-state index contributed by atoms with van der Waals surface area (Å²) >= 11 is 1.61. The van der Waals surface area contributed by atoms with Crippen LogP contribution >= 0.6 is 11.3 Å². The second-order valence-corrected chi connectivity index (χ2v) is 7.13. The summed E-state index contributed by atoms with van der Waals surface area (Å²) in [7, 11) is -3.07. The minimum absolute atomic E-state index is 0.0304. The zero-order chi connectivity index (χ0) is 11.8. The lowest BCUT2D eigenvalue weighted by molar-refractivity contribution is 0.160. The third-order valence-corrected chi connectivity index (χ3v) is 5.25. The molecule has 1 aromatic heterocycles. The first-order chi connectivity index (χ1) is 7.48. The van der Waals surface area contributed by atoms with Gasteiger partial charge in [0.1, 0.15) is 0 Å². The Kier molecular flexibility index (Phi) is 3.34.